The molecule has 22 heavy (non-hydrogen) atoms. The molecule has 0 radical (unpaired) electrons. The van der Waals surface area contributed by atoms with Gasteiger partial charge in [-0.05, 0) is 31.5 Å². The van der Waals surface area contributed by atoms with Gasteiger partial charge < -0.3 is 20.4 Å². The van der Waals surface area contributed by atoms with Gasteiger partial charge >= 0.3 is 0 Å². The van der Waals surface area contributed by atoms with Gasteiger partial charge in [-0.25, -0.2) is 0 Å². The summed E-state index contributed by atoms with van der Waals surface area (Å²) in [6.45, 7) is 6.88. The Morgan fingerprint density at radius 2 is 1.95 bits per heavy atom. The molecular weight excluding hydrogens is 276 g/mol. The molecule has 0 spiro atoms. The second kappa shape index (κ2) is 5.89. The quantitative estimate of drug-likeness (QED) is 0.848. The highest BCUT2D eigenvalue weighted by Crippen LogP contribution is 2.33. The number of hydrogen-bond acceptors (Lipinski definition) is 4. The second-order valence-corrected chi connectivity index (χ2v) is 6.47. The van der Waals surface area contributed by atoms with Gasteiger partial charge in [-0.15, -0.1) is 0 Å². The summed E-state index contributed by atoms with van der Waals surface area (Å²) in [4.78, 5) is 17.3. The third-order valence-electron chi connectivity index (χ3n) is 5.14. The number of carbonyl (C=O) groups is 1. The number of nitrogens with zero attached hydrogens (tertiary/aromatic N) is 2. The Morgan fingerprint density at radius 1 is 1.09 bits per heavy atom. The molecule has 3 heterocycles. The van der Waals surface area contributed by atoms with E-state index < -0.39 is 0 Å². The molecule has 1 amide bonds. The van der Waals surface area contributed by atoms with Gasteiger partial charge in [0.1, 0.15) is 0 Å². The average Bonchev–Trinajstić information content (AvgIpc) is 2.94. The molecule has 2 saturated heterocycles. The van der Waals surface area contributed by atoms with Crippen molar-refractivity contribution in [2.75, 3.05) is 44.2 Å². The Kier molecular flexibility index (Phi) is 3.76. The summed E-state index contributed by atoms with van der Waals surface area (Å²) in [6.07, 6.45) is 2.28. The molecule has 1 aromatic carbocycles. The smallest absolute Gasteiger partial charge is 0.254 e. The predicted octanol–water partition coefficient (Wildman–Crippen LogP) is 0.804. The molecule has 5 heteroatoms. The maximum absolute atomic E-state index is 12.8. The van der Waals surface area contributed by atoms with Crippen LogP contribution in [-0.2, 0) is 6.54 Å². The van der Waals surface area contributed by atoms with E-state index in [4.69, 9.17) is 0 Å². The van der Waals surface area contributed by atoms with Crippen molar-refractivity contribution in [1.29, 1.82) is 0 Å². The van der Waals surface area contributed by atoms with Crippen LogP contribution in [0.2, 0.25) is 0 Å². The SMILES string of the molecule is O=C1c2cccc(N3CCNCC3)c2CN1C1CCCNC1. The molecule has 0 aromatic heterocycles. The molecule has 3 aliphatic rings. The molecule has 4 rings (SSSR count). The Hall–Kier alpha value is -1.59. The van der Waals surface area contributed by atoms with Crippen LogP contribution in [0.1, 0.15) is 28.8 Å². The van der Waals surface area contributed by atoms with Crippen molar-refractivity contribution in [3.63, 3.8) is 0 Å². The minimum absolute atomic E-state index is 0.223. The Balaban J connectivity index is 1.61. The summed E-state index contributed by atoms with van der Waals surface area (Å²) in [5.74, 6) is 0.223. The normalized spacial score (nSPS) is 25.5. The number of anilines is 1. The van der Waals surface area contributed by atoms with Crippen LogP contribution in [0, 0.1) is 0 Å². The van der Waals surface area contributed by atoms with Crippen molar-refractivity contribution in [3.05, 3.63) is 29.3 Å². The van der Waals surface area contributed by atoms with Crippen LogP contribution in [0.4, 0.5) is 5.69 Å². The highest BCUT2D eigenvalue weighted by molar-refractivity contribution is 6.00. The van der Waals surface area contributed by atoms with E-state index in [0.717, 1.165) is 64.2 Å². The zero-order chi connectivity index (χ0) is 14.9. The first-order valence-corrected chi connectivity index (χ1v) is 8.44. The number of fused-ring (bicyclic) bond motifs is 1. The standard InChI is InChI=1S/C17H24N4O/c22-17-14-4-1-5-16(20-9-7-18-8-10-20)15(14)12-21(17)13-3-2-6-19-11-13/h1,4-5,13,18-19H,2-3,6-12H2. The van der Waals surface area contributed by atoms with Crippen molar-refractivity contribution in [2.24, 2.45) is 0 Å². The summed E-state index contributed by atoms with van der Waals surface area (Å²) in [7, 11) is 0. The largest absolute Gasteiger partial charge is 0.369 e. The molecule has 0 bridgehead atoms. The highest BCUT2D eigenvalue weighted by atomic mass is 16.2. The number of amides is 1. The molecule has 2 fully saturated rings. The number of nitrogens with one attached hydrogen (secondary N) is 2. The summed E-state index contributed by atoms with van der Waals surface area (Å²) in [6, 6.07) is 6.57. The van der Waals surface area contributed by atoms with Gasteiger partial charge in [-0.3, -0.25) is 4.79 Å². The topological polar surface area (TPSA) is 47.6 Å². The highest BCUT2D eigenvalue weighted by Gasteiger charge is 2.35. The van der Waals surface area contributed by atoms with Crippen molar-refractivity contribution < 1.29 is 4.79 Å². The fourth-order valence-corrected chi connectivity index (χ4v) is 3.93. The fourth-order valence-electron chi connectivity index (χ4n) is 3.93. The van der Waals surface area contributed by atoms with Crippen LogP contribution in [0.3, 0.4) is 0 Å². The van der Waals surface area contributed by atoms with Crippen LogP contribution in [0.15, 0.2) is 18.2 Å². The molecule has 5 nitrogen and oxygen atoms in total. The van der Waals surface area contributed by atoms with Crippen molar-refractivity contribution in [2.45, 2.75) is 25.4 Å². The lowest BCUT2D eigenvalue weighted by Crippen LogP contribution is -2.46. The lowest BCUT2D eigenvalue weighted by Gasteiger charge is -2.32. The average molecular weight is 300 g/mol. The Morgan fingerprint density at radius 3 is 2.73 bits per heavy atom. The lowest BCUT2D eigenvalue weighted by molar-refractivity contribution is 0.0675. The molecule has 1 unspecified atom stereocenters. The summed E-state index contributed by atoms with van der Waals surface area (Å²) in [5.41, 5.74) is 3.42. The zero-order valence-corrected chi connectivity index (χ0v) is 13.0. The zero-order valence-electron chi connectivity index (χ0n) is 13.0. The second-order valence-electron chi connectivity index (χ2n) is 6.47. The first kappa shape index (κ1) is 14.0. The van der Waals surface area contributed by atoms with Gasteiger partial charge in [0.05, 0.1) is 0 Å². The van der Waals surface area contributed by atoms with E-state index in [0.29, 0.717) is 6.04 Å². The van der Waals surface area contributed by atoms with E-state index in [9.17, 15) is 4.79 Å². The number of benzene rings is 1. The Bertz CT molecular complexity index is 562. The fraction of sp³-hybridized carbons (Fsp3) is 0.588. The van der Waals surface area contributed by atoms with Gasteiger partial charge in [0.25, 0.3) is 5.91 Å². The van der Waals surface area contributed by atoms with Gasteiger partial charge in [-0.1, -0.05) is 6.07 Å². The molecule has 0 saturated carbocycles. The van der Waals surface area contributed by atoms with Crippen LogP contribution in [0.25, 0.3) is 0 Å². The molecule has 1 atom stereocenters. The van der Waals surface area contributed by atoms with Crippen molar-refractivity contribution in [3.8, 4) is 0 Å². The first-order valence-electron chi connectivity index (χ1n) is 8.44. The van der Waals surface area contributed by atoms with E-state index in [2.05, 4.69) is 26.5 Å². The van der Waals surface area contributed by atoms with Gasteiger partial charge in [-0.2, -0.15) is 0 Å². The van der Waals surface area contributed by atoms with Gasteiger partial charge in [0.2, 0.25) is 0 Å². The van der Waals surface area contributed by atoms with Gasteiger partial charge in [0.15, 0.2) is 0 Å². The predicted molar refractivity (Wildman–Crippen MR) is 87.3 cm³/mol. The third-order valence-corrected chi connectivity index (χ3v) is 5.14. The number of carbonyl (C=O) groups excluding carboxylic acids is 1. The summed E-state index contributed by atoms with van der Waals surface area (Å²) < 4.78 is 0. The summed E-state index contributed by atoms with van der Waals surface area (Å²) >= 11 is 0. The number of piperidine rings is 1. The molecule has 118 valence electrons. The van der Waals surface area contributed by atoms with E-state index in [1.54, 1.807) is 0 Å². The molecule has 3 aliphatic heterocycles. The minimum Gasteiger partial charge on any atom is -0.369 e. The number of hydrogen-bond donors (Lipinski definition) is 2. The van der Waals surface area contributed by atoms with Crippen LogP contribution in [0.5, 0.6) is 0 Å². The lowest BCUT2D eigenvalue weighted by atomic mass is 10.1. The van der Waals surface area contributed by atoms with E-state index in [1.165, 1.54) is 11.3 Å². The maximum atomic E-state index is 12.8. The van der Waals surface area contributed by atoms with E-state index >= 15 is 0 Å². The van der Waals surface area contributed by atoms with Crippen LogP contribution in [-0.4, -0.2) is 56.1 Å². The van der Waals surface area contributed by atoms with Crippen molar-refractivity contribution >= 4 is 11.6 Å². The van der Waals surface area contributed by atoms with Crippen LogP contribution >= 0.6 is 0 Å². The Labute approximate surface area is 131 Å². The monoisotopic (exact) mass is 300 g/mol. The number of piperazine rings is 1. The molecule has 2 N–H and O–H groups in total. The maximum Gasteiger partial charge on any atom is 0.254 e. The van der Waals surface area contributed by atoms with Gasteiger partial charge in [0, 0.05) is 62.1 Å². The van der Waals surface area contributed by atoms with Crippen LogP contribution < -0.4 is 15.5 Å². The van der Waals surface area contributed by atoms with E-state index in [1.807, 2.05) is 12.1 Å². The summed E-state index contributed by atoms with van der Waals surface area (Å²) in [5, 5.41) is 6.82. The third kappa shape index (κ3) is 2.38. The molecule has 0 aliphatic carbocycles. The van der Waals surface area contributed by atoms with E-state index in [-0.39, 0.29) is 5.91 Å². The molecule has 1 aromatic rings. The minimum atomic E-state index is 0.223. The van der Waals surface area contributed by atoms with Crippen molar-refractivity contribution in [1.82, 2.24) is 15.5 Å². The molecular formula is C17H24N4O. The first-order chi connectivity index (χ1) is 10.8. The number of rotatable bonds is 2.